The standard InChI is InChI=1S/C14H21ClN4/c1-18-6-3-7-19(2)12(9-18)14-16-11(10-4-5-10)8-13(15)17-14/h8,10,12H,3-7,9H2,1-2H3. The molecule has 1 aromatic rings. The van der Waals surface area contributed by atoms with E-state index in [0.717, 1.165) is 31.2 Å². The van der Waals surface area contributed by atoms with Gasteiger partial charge in [-0.2, -0.15) is 0 Å². The first-order chi connectivity index (χ1) is 9.13. The van der Waals surface area contributed by atoms with E-state index in [4.69, 9.17) is 16.6 Å². The highest BCUT2D eigenvalue weighted by atomic mass is 35.5. The number of likely N-dealkylation sites (N-methyl/N-ethyl adjacent to an activating group) is 2. The van der Waals surface area contributed by atoms with Crippen molar-refractivity contribution in [1.29, 1.82) is 0 Å². The Morgan fingerprint density at radius 3 is 2.74 bits per heavy atom. The van der Waals surface area contributed by atoms with Crippen molar-refractivity contribution < 1.29 is 0 Å². The highest BCUT2D eigenvalue weighted by molar-refractivity contribution is 6.29. The topological polar surface area (TPSA) is 32.3 Å². The summed E-state index contributed by atoms with van der Waals surface area (Å²) in [4.78, 5) is 14.0. The second-order valence-electron chi connectivity index (χ2n) is 5.86. The van der Waals surface area contributed by atoms with E-state index in [9.17, 15) is 0 Å². The van der Waals surface area contributed by atoms with E-state index in [2.05, 4.69) is 28.9 Å². The molecule has 1 saturated carbocycles. The molecule has 0 radical (unpaired) electrons. The lowest BCUT2D eigenvalue weighted by Crippen LogP contribution is -2.32. The van der Waals surface area contributed by atoms with Crippen molar-refractivity contribution in [3.63, 3.8) is 0 Å². The third-order valence-electron chi connectivity index (χ3n) is 4.09. The quantitative estimate of drug-likeness (QED) is 0.779. The Morgan fingerprint density at radius 2 is 2.00 bits per heavy atom. The highest BCUT2D eigenvalue weighted by Gasteiger charge is 2.29. The van der Waals surface area contributed by atoms with E-state index < -0.39 is 0 Å². The first-order valence-corrected chi connectivity index (χ1v) is 7.44. The summed E-state index contributed by atoms with van der Waals surface area (Å²) in [6.07, 6.45) is 3.68. The molecule has 3 rings (SSSR count). The van der Waals surface area contributed by atoms with Gasteiger partial charge in [0.1, 0.15) is 11.0 Å². The van der Waals surface area contributed by atoms with Gasteiger partial charge in [-0.25, -0.2) is 9.97 Å². The van der Waals surface area contributed by atoms with Crippen molar-refractivity contribution >= 4 is 11.6 Å². The van der Waals surface area contributed by atoms with Crippen LogP contribution >= 0.6 is 11.6 Å². The molecule has 2 aliphatic rings. The van der Waals surface area contributed by atoms with E-state index in [0.29, 0.717) is 11.1 Å². The summed E-state index contributed by atoms with van der Waals surface area (Å²) >= 11 is 6.18. The van der Waals surface area contributed by atoms with Crippen LogP contribution in [0.15, 0.2) is 6.07 Å². The molecule has 19 heavy (non-hydrogen) atoms. The molecule has 1 aliphatic carbocycles. The van der Waals surface area contributed by atoms with Gasteiger partial charge in [0, 0.05) is 18.2 Å². The maximum Gasteiger partial charge on any atom is 0.148 e. The summed E-state index contributed by atoms with van der Waals surface area (Å²) < 4.78 is 0. The first kappa shape index (κ1) is 13.3. The van der Waals surface area contributed by atoms with Crippen molar-refractivity contribution in [3.8, 4) is 0 Å². The zero-order valence-corrected chi connectivity index (χ0v) is 12.4. The Bertz CT molecular complexity index is 461. The molecule has 1 atom stereocenters. The summed E-state index contributed by atoms with van der Waals surface area (Å²) in [6.45, 7) is 3.20. The second kappa shape index (κ2) is 5.35. The van der Waals surface area contributed by atoms with Gasteiger partial charge in [-0.15, -0.1) is 0 Å². The molecular formula is C14H21ClN4. The molecule has 2 heterocycles. The zero-order chi connectivity index (χ0) is 13.4. The molecule has 0 bridgehead atoms. The fourth-order valence-electron chi connectivity index (χ4n) is 2.74. The van der Waals surface area contributed by atoms with Crippen LogP contribution in [0.4, 0.5) is 0 Å². The number of rotatable bonds is 2. The van der Waals surface area contributed by atoms with E-state index in [1.807, 2.05) is 6.07 Å². The van der Waals surface area contributed by atoms with Crippen molar-refractivity contribution in [1.82, 2.24) is 19.8 Å². The molecule has 0 N–H and O–H groups in total. The molecule has 1 unspecified atom stereocenters. The van der Waals surface area contributed by atoms with Crippen molar-refractivity contribution in [3.05, 3.63) is 22.7 Å². The fraction of sp³-hybridized carbons (Fsp3) is 0.714. The molecule has 104 valence electrons. The minimum Gasteiger partial charge on any atom is -0.304 e. The van der Waals surface area contributed by atoms with Crippen molar-refractivity contribution in [2.45, 2.75) is 31.2 Å². The van der Waals surface area contributed by atoms with Gasteiger partial charge < -0.3 is 4.90 Å². The molecule has 1 aromatic heterocycles. The maximum atomic E-state index is 6.18. The fourth-order valence-corrected chi connectivity index (χ4v) is 2.94. The van der Waals surface area contributed by atoms with Crippen molar-refractivity contribution in [2.75, 3.05) is 33.7 Å². The average Bonchev–Trinajstić information content (AvgIpc) is 3.18. The summed E-state index contributed by atoms with van der Waals surface area (Å²) in [5.41, 5.74) is 1.13. The number of nitrogens with zero attached hydrogens (tertiary/aromatic N) is 4. The maximum absolute atomic E-state index is 6.18. The van der Waals surface area contributed by atoms with Crippen LogP contribution in [-0.2, 0) is 0 Å². The van der Waals surface area contributed by atoms with E-state index in [1.165, 1.54) is 19.3 Å². The summed E-state index contributed by atoms with van der Waals surface area (Å²) in [6, 6.07) is 2.19. The number of halogens is 1. The molecule has 5 heteroatoms. The lowest BCUT2D eigenvalue weighted by Gasteiger charge is -2.26. The predicted octanol–water partition coefficient (Wildman–Crippen LogP) is 2.32. The Kier molecular flexibility index (Phi) is 3.74. The third-order valence-corrected chi connectivity index (χ3v) is 4.29. The van der Waals surface area contributed by atoms with Crippen LogP contribution in [0.1, 0.15) is 42.7 Å². The van der Waals surface area contributed by atoms with Gasteiger partial charge in [0.25, 0.3) is 0 Å². The largest absolute Gasteiger partial charge is 0.304 e. The summed E-state index contributed by atoms with van der Waals surface area (Å²) in [7, 11) is 4.32. The molecule has 0 aromatic carbocycles. The normalized spacial score (nSPS) is 26.4. The van der Waals surface area contributed by atoms with Gasteiger partial charge in [0.15, 0.2) is 0 Å². The van der Waals surface area contributed by atoms with Gasteiger partial charge >= 0.3 is 0 Å². The van der Waals surface area contributed by atoms with Gasteiger partial charge in [0.05, 0.1) is 6.04 Å². The lowest BCUT2D eigenvalue weighted by molar-refractivity contribution is 0.219. The Labute approximate surface area is 119 Å². The summed E-state index contributed by atoms with van der Waals surface area (Å²) in [5, 5.41) is 0.590. The molecular weight excluding hydrogens is 260 g/mol. The Balaban J connectivity index is 1.90. The molecule has 1 aliphatic heterocycles. The first-order valence-electron chi connectivity index (χ1n) is 7.06. The highest BCUT2D eigenvalue weighted by Crippen LogP contribution is 2.40. The van der Waals surface area contributed by atoms with Gasteiger partial charge in [-0.05, 0) is 52.5 Å². The van der Waals surface area contributed by atoms with Crippen LogP contribution in [0.3, 0.4) is 0 Å². The van der Waals surface area contributed by atoms with E-state index in [-0.39, 0.29) is 6.04 Å². The number of hydrogen-bond donors (Lipinski definition) is 0. The van der Waals surface area contributed by atoms with Crippen molar-refractivity contribution in [2.24, 2.45) is 0 Å². The lowest BCUT2D eigenvalue weighted by atomic mass is 10.2. The minimum atomic E-state index is 0.253. The molecule has 0 spiro atoms. The van der Waals surface area contributed by atoms with Crippen LogP contribution in [0.5, 0.6) is 0 Å². The van der Waals surface area contributed by atoms with Crippen LogP contribution in [0, 0.1) is 0 Å². The van der Waals surface area contributed by atoms with Crippen LogP contribution in [0.25, 0.3) is 0 Å². The second-order valence-corrected chi connectivity index (χ2v) is 6.25. The molecule has 1 saturated heterocycles. The van der Waals surface area contributed by atoms with Crippen LogP contribution < -0.4 is 0 Å². The zero-order valence-electron chi connectivity index (χ0n) is 11.6. The molecule has 2 fully saturated rings. The monoisotopic (exact) mass is 280 g/mol. The smallest absolute Gasteiger partial charge is 0.148 e. The number of hydrogen-bond acceptors (Lipinski definition) is 4. The van der Waals surface area contributed by atoms with E-state index >= 15 is 0 Å². The predicted molar refractivity (Wildman–Crippen MR) is 76.5 cm³/mol. The van der Waals surface area contributed by atoms with E-state index in [1.54, 1.807) is 0 Å². The number of aromatic nitrogens is 2. The minimum absolute atomic E-state index is 0.253. The third kappa shape index (κ3) is 3.07. The van der Waals surface area contributed by atoms with Gasteiger partial charge in [0.2, 0.25) is 0 Å². The van der Waals surface area contributed by atoms with Gasteiger partial charge in [-0.1, -0.05) is 11.6 Å². The van der Waals surface area contributed by atoms with Crippen LogP contribution in [-0.4, -0.2) is 53.5 Å². The Morgan fingerprint density at radius 1 is 1.21 bits per heavy atom. The molecule has 0 amide bonds. The summed E-state index contributed by atoms with van der Waals surface area (Å²) in [5.74, 6) is 1.51. The Hall–Kier alpha value is -0.710. The average molecular weight is 281 g/mol. The molecule has 4 nitrogen and oxygen atoms in total. The van der Waals surface area contributed by atoms with Gasteiger partial charge in [-0.3, -0.25) is 4.90 Å². The van der Waals surface area contributed by atoms with Crippen LogP contribution in [0.2, 0.25) is 5.15 Å². The SMILES string of the molecule is CN1CCCN(C)C(c2nc(Cl)cc(C3CC3)n2)C1.